The minimum atomic E-state index is -0.221. The molecule has 0 aliphatic rings. The van der Waals surface area contributed by atoms with E-state index in [1.165, 1.54) is 7.11 Å². The van der Waals surface area contributed by atoms with Crippen molar-refractivity contribution in [3.05, 3.63) is 29.6 Å². The van der Waals surface area contributed by atoms with Gasteiger partial charge in [0.15, 0.2) is 11.6 Å². The summed E-state index contributed by atoms with van der Waals surface area (Å²) in [5.41, 5.74) is 0.739. The molecule has 0 heterocycles. The predicted octanol–water partition coefficient (Wildman–Crippen LogP) is 3.65. The van der Waals surface area contributed by atoms with E-state index in [2.05, 4.69) is 33.0 Å². The van der Waals surface area contributed by atoms with Gasteiger partial charge in [0, 0.05) is 6.04 Å². The summed E-state index contributed by atoms with van der Waals surface area (Å²) in [4.78, 5) is 0. The summed E-state index contributed by atoms with van der Waals surface area (Å²) in [5, 5.41) is 3.43. The van der Waals surface area contributed by atoms with Crippen molar-refractivity contribution >= 4 is 0 Å². The number of nitrogens with one attached hydrogen (secondary N) is 1. The molecular weight excluding hydrogens is 241 g/mol. The molecule has 1 aromatic carbocycles. The number of hydrogen-bond donors (Lipinski definition) is 1. The van der Waals surface area contributed by atoms with E-state index in [4.69, 9.17) is 4.74 Å². The Morgan fingerprint density at radius 3 is 2.42 bits per heavy atom. The van der Waals surface area contributed by atoms with Crippen LogP contribution in [0.15, 0.2) is 18.2 Å². The molecule has 0 amide bonds. The number of ether oxygens (including phenoxy) is 1. The third kappa shape index (κ3) is 4.83. The minimum absolute atomic E-state index is 0.221. The highest BCUT2D eigenvalue weighted by Gasteiger charge is 2.16. The molecule has 0 radical (unpaired) electrons. The van der Waals surface area contributed by atoms with Crippen LogP contribution in [0.3, 0.4) is 0 Å². The van der Waals surface area contributed by atoms with Gasteiger partial charge in [-0.05, 0) is 36.4 Å². The molecule has 0 saturated heterocycles. The summed E-state index contributed by atoms with van der Waals surface area (Å²) in [5.74, 6) is 1.04. The molecule has 2 atom stereocenters. The molecule has 0 fully saturated rings. The van der Waals surface area contributed by atoms with Crippen molar-refractivity contribution in [2.24, 2.45) is 11.8 Å². The first-order valence-corrected chi connectivity index (χ1v) is 7.00. The Labute approximate surface area is 116 Å². The summed E-state index contributed by atoms with van der Waals surface area (Å²) in [6.45, 7) is 9.62. The maximum absolute atomic E-state index is 14.1. The Balaban J connectivity index is 2.63. The van der Waals surface area contributed by atoms with Crippen LogP contribution in [0.5, 0.6) is 5.75 Å². The second kappa shape index (κ2) is 7.49. The van der Waals surface area contributed by atoms with Crippen LogP contribution >= 0.6 is 0 Å². The molecule has 3 heteroatoms. The molecule has 108 valence electrons. The molecule has 2 unspecified atom stereocenters. The van der Waals surface area contributed by atoms with Crippen LogP contribution in [0.1, 0.15) is 33.3 Å². The second-order valence-corrected chi connectivity index (χ2v) is 5.66. The van der Waals surface area contributed by atoms with E-state index >= 15 is 0 Å². The van der Waals surface area contributed by atoms with E-state index in [0.29, 0.717) is 23.6 Å². The van der Waals surface area contributed by atoms with Crippen LogP contribution in [0.25, 0.3) is 0 Å². The molecule has 0 spiro atoms. The predicted molar refractivity (Wildman–Crippen MR) is 78.1 cm³/mol. The van der Waals surface area contributed by atoms with Gasteiger partial charge >= 0.3 is 0 Å². The highest BCUT2D eigenvalue weighted by molar-refractivity contribution is 5.31. The van der Waals surface area contributed by atoms with Crippen LogP contribution in [-0.4, -0.2) is 19.7 Å². The lowest BCUT2D eigenvalue weighted by molar-refractivity contribution is 0.345. The molecule has 0 bridgehead atoms. The lowest BCUT2D eigenvalue weighted by atomic mass is 9.89. The molecular formula is C16H26FNO. The second-order valence-electron chi connectivity index (χ2n) is 5.66. The van der Waals surface area contributed by atoms with E-state index in [1.807, 2.05) is 12.1 Å². The lowest BCUT2D eigenvalue weighted by Gasteiger charge is -2.22. The molecule has 1 rings (SSSR count). The first kappa shape index (κ1) is 16.0. The fourth-order valence-electron chi connectivity index (χ4n) is 2.04. The Morgan fingerprint density at radius 2 is 1.84 bits per heavy atom. The van der Waals surface area contributed by atoms with Gasteiger partial charge in [-0.25, -0.2) is 4.39 Å². The number of hydrogen-bond acceptors (Lipinski definition) is 2. The largest absolute Gasteiger partial charge is 0.494 e. The van der Waals surface area contributed by atoms with Crippen molar-refractivity contribution in [2.75, 3.05) is 13.7 Å². The van der Waals surface area contributed by atoms with Gasteiger partial charge in [-0.15, -0.1) is 0 Å². The van der Waals surface area contributed by atoms with Gasteiger partial charge < -0.3 is 10.1 Å². The Bertz CT molecular complexity index is 392. The zero-order chi connectivity index (χ0) is 14.4. The number of rotatable bonds is 7. The SMILES string of the molecule is COc1cccc(CC(C)C(C)CNC(C)C)c1F. The van der Waals surface area contributed by atoms with E-state index in [0.717, 1.165) is 18.5 Å². The van der Waals surface area contributed by atoms with Crippen LogP contribution in [0.4, 0.5) is 4.39 Å². The molecule has 0 aliphatic heterocycles. The third-order valence-corrected chi connectivity index (χ3v) is 3.62. The standard InChI is InChI=1S/C16H26FNO/c1-11(2)18-10-13(4)12(3)9-14-7-6-8-15(19-5)16(14)17/h6-8,11-13,18H,9-10H2,1-5H3. The van der Waals surface area contributed by atoms with E-state index < -0.39 is 0 Å². The Kier molecular flexibility index (Phi) is 6.29. The quantitative estimate of drug-likeness (QED) is 0.814. The summed E-state index contributed by atoms with van der Waals surface area (Å²) < 4.78 is 19.1. The number of methoxy groups -OCH3 is 1. The lowest BCUT2D eigenvalue weighted by Crippen LogP contribution is -2.31. The topological polar surface area (TPSA) is 21.3 Å². The van der Waals surface area contributed by atoms with Crippen molar-refractivity contribution in [1.29, 1.82) is 0 Å². The maximum atomic E-state index is 14.1. The summed E-state index contributed by atoms with van der Waals surface area (Å²) >= 11 is 0. The van der Waals surface area contributed by atoms with Crippen LogP contribution in [-0.2, 0) is 6.42 Å². The van der Waals surface area contributed by atoms with Crippen molar-refractivity contribution in [1.82, 2.24) is 5.32 Å². The van der Waals surface area contributed by atoms with Gasteiger partial charge in [-0.3, -0.25) is 0 Å². The fourth-order valence-corrected chi connectivity index (χ4v) is 2.04. The van der Waals surface area contributed by atoms with Gasteiger partial charge in [0.2, 0.25) is 0 Å². The van der Waals surface area contributed by atoms with Crippen molar-refractivity contribution < 1.29 is 9.13 Å². The normalized spacial score (nSPS) is 14.5. The number of halogens is 1. The highest BCUT2D eigenvalue weighted by Crippen LogP contribution is 2.24. The van der Waals surface area contributed by atoms with Crippen molar-refractivity contribution in [3.8, 4) is 5.75 Å². The fraction of sp³-hybridized carbons (Fsp3) is 0.625. The van der Waals surface area contributed by atoms with Gasteiger partial charge in [0.1, 0.15) is 0 Å². The smallest absolute Gasteiger partial charge is 0.168 e. The Hall–Kier alpha value is -1.09. The van der Waals surface area contributed by atoms with Crippen LogP contribution < -0.4 is 10.1 Å². The summed E-state index contributed by atoms with van der Waals surface area (Å²) in [6, 6.07) is 5.84. The first-order chi connectivity index (χ1) is 8.95. The number of benzene rings is 1. The first-order valence-electron chi connectivity index (χ1n) is 7.00. The molecule has 2 nitrogen and oxygen atoms in total. The molecule has 0 aliphatic carbocycles. The van der Waals surface area contributed by atoms with Crippen LogP contribution in [0, 0.1) is 17.7 Å². The Morgan fingerprint density at radius 1 is 1.16 bits per heavy atom. The molecule has 0 aromatic heterocycles. The summed E-state index contributed by atoms with van der Waals surface area (Å²) in [6.07, 6.45) is 0.740. The average Bonchev–Trinajstić information content (AvgIpc) is 2.38. The van der Waals surface area contributed by atoms with Crippen molar-refractivity contribution in [3.63, 3.8) is 0 Å². The maximum Gasteiger partial charge on any atom is 0.168 e. The zero-order valence-corrected chi connectivity index (χ0v) is 12.7. The van der Waals surface area contributed by atoms with Gasteiger partial charge in [0.05, 0.1) is 7.11 Å². The van der Waals surface area contributed by atoms with Gasteiger partial charge in [-0.1, -0.05) is 39.8 Å². The molecule has 19 heavy (non-hydrogen) atoms. The van der Waals surface area contributed by atoms with E-state index in [9.17, 15) is 4.39 Å². The third-order valence-electron chi connectivity index (χ3n) is 3.62. The van der Waals surface area contributed by atoms with Crippen LogP contribution in [0.2, 0.25) is 0 Å². The minimum Gasteiger partial charge on any atom is -0.494 e. The van der Waals surface area contributed by atoms with E-state index in [-0.39, 0.29) is 5.82 Å². The highest BCUT2D eigenvalue weighted by atomic mass is 19.1. The van der Waals surface area contributed by atoms with Gasteiger partial charge in [0.25, 0.3) is 0 Å². The molecule has 0 saturated carbocycles. The molecule has 1 N–H and O–H groups in total. The monoisotopic (exact) mass is 267 g/mol. The van der Waals surface area contributed by atoms with E-state index in [1.54, 1.807) is 6.07 Å². The average molecular weight is 267 g/mol. The van der Waals surface area contributed by atoms with Gasteiger partial charge in [-0.2, -0.15) is 0 Å². The molecule has 1 aromatic rings. The van der Waals surface area contributed by atoms with Crippen molar-refractivity contribution in [2.45, 2.75) is 40.2 Å². The summed E-state index contributed by atoms with van der Waals surface area (Å²) in [7, 11) is 1.50. The zero-order valence-electron chi connectivity index (χ0n) is 12.7.